The largest absolute Gasteiger partial charge is 0.490 e. The molecular formula is C26H31N3O5S. The van der Waals surface area contributed by atoms with Crippen LogP contribution in [0.4, 0.5) is 5.69 Å². The van der Waals surface area contributed by atoms with E-state index in [1.165, 1.54) is 0 Å². The van der Waals surface area contributed by atoms with Crippen LogP contribution in [0.1, 0.15) is 45.2 Å². The molecule has 8 nitrogen and oxygen atoms in total. The molecule has 1 atom stereocenters. The van der Waals surface area contributed by atoms with Crippen LogP contribution in [0.2, 0.25) is 0 Å². The molecule has 0 fully saturated rings. The lowest BCUT2D eigenvalue weighted by Gasteiger charge is -2.31. The van der Waals surface area contributed by atoms with Crippen LogP contribution in [0.3, 0.4) is 0 Å². The van der Waals surface area contributed by atoms with Crippen molar-refractivity contribution in [2.24, 2.45) is 0 Å². The summed E-state index contributed by atoms with van der Waals surface area (Å²) in [5.74, 6) is 0.193. The van der Waals surface area contributed by atoms with Gasteiger partial charge in [0.05, 0.1) is 24.8 Å². The van der Waals surface area contributed by atoms with E-state index in [9.17, 15) is 9.59 Å². The molecule has 3 N–H and O–H groups in total. The Kier molecular flexibility index (Phi) is 9.48. The summed E-state index contributed by atoms with van der Waals surface area (Å²) < 4.78 is 16.9. The third-order valence-electron chi connectivity index (χ3n) is 5.17. The number of benzene rings is 2. The molecule has 186 valence electrons. The third-order valence-corrected chi connectivity index (χ3v) is 5.39. The highest BCUT2D eigenvalue weighted by molar-refractivity contribution is 7.80. The zero-order valence-electron chi connectivity index (χ0n) is 20.2. The Labute approximate surface area is 211 Å². The van der Waals surface area contributed by atoms with Crippen molar-refractivity contribution in [1.29, 1.82) is 0 Å². The smallest absolute Gasteiger partial charge is 0.338 e. The first-order valence-electron chi connectivity index (χ1n) is 11.7. The summed E-state index contributed by atoms with van der Waals surface area (Å²) in [4.78, 5) is 25.2. The van der Waals surface area contributed by atoms with Crippen LogP contribution in [0, 0.1) is 0 Å². The van der Waals surface area contributed by atoms with E-state index in [2.05, 4.69) is 16.0 Å². The Balaban J connectivity index is 1.85. The van der Waals surface area contributed by atoms with Crippen molar-refractivity contribution in [2.45, 2.75) is 39.7 Å². The predicted octanol–water partition coefficient (Wildman–Crippen LogP) is 4.24. The van der Waals surface area contributed by atoms with Gasteiger partial charge in [0, 0.05) is 11.4 Å². The molecule has 0 radical (unpaired) electrons. The molecule has 0 aromatic heterocycles. The first-order valence-corrected chi connectivity index (χ1v) is 12.1. The normalized spacial score (nSPS) is 15.1. The molecule has 0 saturated heterocycles. The SMILES string of the molecule is CCCC1=C(C(=O)OCC)[C@@H](c2ccc(OCC(=O)Nc3ccccc3)c(OCC)c2)NC(=S)N1. The molecule has 0 aliphatic carbocycles. The molecule has 1 aliphatic heterocycles. The van der Waals surface area contributed by atoms with Crippen molar-refractivity contribution in [1.82, 2.24) is 10.6 Å². The Morgan fingerprint density at radius 2 is 1.77 bits per heavy atom. The van der Waals surface area contributed by atoms with Crippen LogP contribution in [0.25, 0.3) is 0 Å². The molecule has 0 unspecified atom stereocenters. The summed E-state index contributed by atoms with van der Waals surface area (Å²) in [6.07, 6.45) is 1.49. The number of rotatable bonds is 11. The van der Waals surface area contributed by atoms with Gasteiger partial charge in [-0.2, -0.15) is 0 Å². The highest BCUT2D eigenvalue weighted by Crippen LogP contribution is 2.35. The van der Waals surface area contributed by atoms with E-state index in [4.69, 9.17) is 26.4 Å². The summed E-state index contributed by atoms with van der Waals surface area (Å²) >= 11 is 5.40. The van der Waals surface area contributed by atoms with Crippen LogP contribution < -0.4 is 25.4 Å². The predicted molar refractivity (Wildman–Crippen MR) is 138 cm³/mol. The van der Waals surface area contributed by atoms with Crippen LogP contribution in [-0.4, -0.2) is 36.8 Å². The van der Waals surface area contributed by atoms with Gasteiger partial charge in [0.2, 0.25) is 0 Å². The van der Waals surface area contributed by atoms with Crippen LogP contribution in [-0.2, 0) is 14.3 Å². The van der Waals surface area contributed by atoms with Gasteiger partial charge in [0.25, 0.3) is 5.91 Å². The zero-order chi connectivity index (χ0) is 25.2. The van der Waals surface area contributed by atoms with Gasteiger partial charge in [0.1, 0.15) is 0 Å². The van der Waals surface area contributed by atoms with Crippen molar-refractivity contribution in [3.05, 3.63) is 65.4 Å². The van der Waals surface area contributed by atoms with E-state index in [0.29, 0.717) is 40.9 Å². The van der Waals surface area contributed by atoms with Gasteiger partial charge in [-0.05, 0) is 62.3 Å². The van der Waals surface area contributed by atoms with E-state index in [1.54, 1.807) is 31.2 Å². The fourth-order valence-corrected chi connectivity index (χ4v) is 3.96. The van der Waals surface area contributed by atoms with Gasteiger partial charge in [0.15, 0.2) is 23.2 Å². The second kappa shape index (κ2) is 12.8. The van der Waals surface area contributed by atoms with Gasteiger partial charge >= 0.3 is 5.97 Å². The van der Waals surface area contributed by atoms with Gasteiger partial charge in [-0.25, -0.2) is 4.79 Å². The molecular weight excluding hydrogens is 466 g/mol. The molecule has 2 aromatic rings. The lowest BCUT2D eigenvalue weighted by Crippen LogP contribution is -2.45. The first kappa shape index (κ1) is 26.0. The number of thiocarbonyl (C=S) groups is 1. The number of carbonyl (C=O) groups excluding carboxylic acids is 2. The number of carbonyl (C=O) groups is 2. The molecule has 0 bridgehead atoms. The van der Waals surface area contributed by atoms with E-state index >= 15 is 0 Å². The molecule has 0 spiro atoms. The fourth-order valence-electron chi connectivity index (χ4n) is 3.72. The van der Waals surface area contributed by atoms with Crippen molar-refractivity contribution < 1.29 is 23.8 Å². The molecule has 35 heavy (non-hydrogen) atoms. The topological polar surface area (TPSA) is 97.9 Å². The fraction of sp³-hybridized carbons (Fsp3) is 0.346. The molecule has 3 rings (SSSR count). The van der Waals surface area contributed by atoms with Crippen molar-refractivity contribution in [3.8, 4) is 11.5 Å². The van der Waals surface area contributed by atoms with Crippen LogP contribution in [0.5, 0.6) is 11.5 Å². The summed E-state index contributed by atoms with van der Waals surface area (Å²) in [7, 11) is 0. The summed E-state index contributed by atoms with van der Waals surface area (Å²) in [6, 6.07) is 14.0. The second-order valence-electron chi connectivity index (χ2n) is 7.74. The number of hydrogen-bond acceptors (Lipinski definition) is 6. The highest BCUT2D eigenvalue weighted by atomic mass is 32.1. The molecule has 2 aromatic carbocycles. The Morgan fingerprint density at radius 1 is 1.00 bits per heavy atom. The average Bonchev–Trinajstić information content (AvgIpc) is 2.84. The Morgan fingerprint density at radius 3 is 2.46 bits per heavy atom. The summed E-state index contributed by atoms with van der Waals surface area (Å²) in [5, 5.41) is 9.50. The monoisotopic (exact) mass is 497 g/mol. The van der Waals surface area contributed by atoms with Crippen molar-refractivity contribution in [3.63, 3.8) is 0 Å². The van der Waals surface area contributed by atoms with Gasteiger partial charge in [-0.1, -0.05) is 37.6 Å². The maximum absolute atomic E-state index is 12.9. The van der Waals surface area contributed by atoms with Gasteiger partial charge in [-0.3, -0.25) is 4.79 Å². The standard InChI is InChI=1S/C26H31N3O5S/c1-4-10-19-23(25(31)33-6-3)24(29-26(35)28-19)17-13-14-20(21(15-17)32-5-2)34-16-22(30)27-18-11-8-7-9-12-18/h7-9,11-15,24H,4-6,10,16H2,1-3H3,(H,27,30)(H2,28,29,35)/t24-/m1/s1. The van der Waals surface area contributed by atoms with Crippen LogP contribution in [0.15, 0.2) is 59.8 Å². The minimum atomic E-state index is -0.515. The molecule has 0 saturated carbocycles. The minimum absolute atomic E-state index is 0.182. The molecule has 9 heteroatoms. The lowest BCUT2D eigenvalue weighted by molar-refractivity contribution is -0.139. The third kappa shape index (κ3) is 6.95. The second-order valence-corrected chi connectivity index (χ2v) is 8.14. The minimum Gasteiger partial charge on any atom is -0.490 e. The van der Waals surface area contributed by atoms with E-state index in [0.717, 1.165) is 17.7 Å². The van der Waals surface area contributed by atoms with E-state index < -0.39 is 12.0 Å². The first-order chi connectivity index (χ1) is 17.0. The molecule has 1 aliphatic rings. The van der Waals surface area contributed by atoms with Gasteiger partial charge in [-0.15, -0.1) is 0 Å². The number of amides is 1. The highest BCUT2D eigenvalue weighted by Gasteiger charge is 2.32. The van der Waals surface area contributed by atoms with Crippen molar-refractivity contribution >= 4 is 34.9 Å². The van der Waals surface area contributed by atoms with Gasteiger partial charge < -0.3 is 30.2 Å². The number of hydrogen-bond donors (Lipinski definition) is 3. The van der Waals surface area contributed by atoms with E-state index in [-0.39, 0.29) is 19.1 Å². The quantitative estimate of drug-likeness (QED) is 0.313. The Hall–Kier alpha value is -3.59. The number of para-hydroxylation sites is 1. The average molecular weight is 498 g/mol. The molecule has 1 heterocycles. The summed E-state index contributed by atoms with van der Waals surface area (Å²) in [5.41, 5.74) is 2.68. The number of nitrogens with one attached hydrogen (secondary N) is 3. The maximum atomic E-state index is 12.9. The van der Waals surface area contributed by atoms with E-state index in [1.807, 2.05) is 38.1 Å². The zero-order valence-corrected chi connectivity index (χ0v) is 21.0. The lowest BCUT2D eigenvalue weighted by atomic mass is 9.93. The number of esters is 1. The Bertz CT molecular complexity index is 1090. The maximum Gasteiger partial charge on any atom is 0.338 e. The number of ether oxygens (including phenoxy) is 3. The van der Waals surface area contributed by atoms with Crippen molar-refractivity contribution in [2.75, 3.05) is 25.1 Å². The number of allylic oxidation sites excluding steroid dienone is 1. The van der Waals surface area contributed by atoms with Crippen LogP contribution >= 0.6 is 12.2 Å². The molecule has 1 amide bonds. The summed E-state index contributed by atoms with van der Waals surface area (Å²) in [6.45, 7) is 6.15. The number of anilines is 1.